The summed E-state index contributed by atoms with van der Waals surface area (Å²) in [6, 6.07) is 8.03. The average Bonchev–Trinajstić information content (AvgIpc) is 2.05. The molecule has 4 heteroatoms. The van der Waals surface area contributed by atoms with Gasteiger partial charge < -0.3 is 38.7 Å². The summed E-state index contributed by atoms with van der Waals surface area (Å²) in [5.74, 6) is 0.991. The fourth-order valence-electron chi connectivity index (χ4n) is 1.06. The molecule has 0 unspecified atom stereocenters. The van der Waals surface area contributed by atoms with E-state index in [1.165, 1.54) is 5.56 Å². The second-order valence-corrected chi connectivity index (χ2v) is 2.25. The Labute approximate surface area is 110 Å². The van der Waals surface area contributed by atoms with E-state index in [-0.39, 0.29) is 51.0 Å². The van der Waals surface area contributed by atoms with Gasteiger partial charge in [0.05, 0.1) is 0 Å². The van der Waals surface area contributed by atoms with Gasteiger partial charge in [0.15, 0.2) is 0 Å². The Bertz CT molecular complexity index is 276. The second-order valence-electron chi connectivity index (χ2n) is 2.25. The molecule has 0 N–H and O–H groups in total. The topological polar surface area (TPSA) is 9.23 Å². The monoisotopic (exact) mass is 353 g/mol. The molecule has 1 aliphatic rings. The molecule has 0 saturated heterocycles. The van der Waals surface area contributed by atoms with Gasteiger partial charge in [-0.05, 0) is 12.1 Å². The molecule has 1 radical (unpaired) electrons. The fourth-order valence-corrected chi connectivity index (χ4v) is 1.06. The first-order valence-electron chi connectivity index (χ1n) is 3.35. The van der Waals surface area contributed by atoms with Crippen molar-refractivity contribution >= 4 is 6.08 Å². The molecule has 0 bridgehead atoms. The van der Waals surface area contributed by atoms with Crippen LogP contribution in [0.4, 0.5) is 0 Å². The normalized spacial score (nSPS) is 10.8. The van der Waals surface area contributed by atoms with Gasteiger partial charge in [0.25, 0.3) is 0 Å². The van der Waals surface area contributed by atoms with E-state index in [9.17, 15) is 0 Å². The van der Waals surface area contributed by atoms with Crippen LogP contribution >= 0.6 is 0 Å². The Morgan fingerprint density at radius 3 is 2.46 bits per heavy atom. The van der Waals surface area contributed by atoms with E-state index in [4.69, 9.17) is 4.74 Å². The van der Waals surface area contributed by atoms with Crippen LogP contribution in [-0.4, -0.2) is 6.61 Å². The predicted molar refractivity (Wildman–Crippen MR) is 41.0 cm³/mol. The minimum Gasteiger partial charge on any atom is -1.00 e. The van der Waals surface area contributed by atoms with E-state index in [0.717, 1.165) is 5.75 Å². The summed E-state index contributed by atoms with van der Waals surface area (Å²) in [4.78, 5) is 0. The first-order valence-corrected chi connectivity index (χ1v) is 3.35. The van der Waals surface area contributed by atoms with Gasteiger partial charge >= 0.3 is 17.1 Å². The van der Waals surface area contributed by atoms with Crippen molar-refractivity contribution in [2.75, 3.05) is 6.61 Å². The summed E-state index contributed by atoms with van der Waals surface area (Å²) in [5.41, 5.74) is 1.17. The van der Waals surface area contributed by atoms with Crippen molar-refractivity contribution in [2.24, 2.45) is 0 Å². The number of ether oxygens (including phenoxy) is 1. The van der Waals surface area contributed by atoms with Crippen molar-refractivity contribution in [1.82, 2.24) is 0 Å². The zero-order valence-corrected chi connectivity index (χ0v) is 10.8. The van der Waals surface area contributed by atoms with Crippen LogP contribution in [0.1, 0.15) is 5.56 Å². The quantitative estimate of drug-likeness (QED) is 0.433. The van der Waals surface area contributed by atoms with Crippen molar-refractivity contribution in [1.29, 1.82) is 0 Å². The van der Waals surface area contributed by atoms with Crippen LogP contribution in [0.25, 0.3) is 6.08 Å². The first-order chi connectivity index (χ1) is 4.97. The Morgan fingerprint density at radius 2 is 1.77 bits per heavy atom. The second kappa shape index (κ2) is 7.63. The molecule has 2 rings (SSSR count). The fraction of sp³-hybridized carbons (Fsp3) is 0.111. The predicted octanol–water partition coefficient (Wildman–Crippen LogP) is -3.90. The Morgan fingerprint density at radius 1 is 1.08 bits per heavy atom. The number of rotatable bonds is 0. The molecule has 1 nitrogen and oxygen atoms in total. The van der Waals surface area contributed by atoms with Gasteiger partial charge in [0.1, 0.15) is 12.4 Å². The molecule has 0 spiro atoms. The van der Waals surface area contributed by atoms with Crippen LogP contribution in [0.15, 0.2) is 30.3 Å². The van der Waals surface area contributed by atoms with E-state index >= 15 is 0 Å². The molecule has 0 amide bonds. The van der Waals surface area contributed by atoms with Gasteiger partial charge in [-0.25, -0.2) is 0 Å². The van der Waals surface area contributed by atoms with Crippen LogP contribution in [0.5, 0.6) is 5.75 Å². The van der Waals surface area contributed by atoms with Crippen molar-refractivity contribution < 1.29 is 55.8 Å². The van der Waals surface area contributed by atoms with Crippen LogP contribution in [0.2, 0.25) is 0 Å². The van der Waals surface area contributed by atoms with E-state index in [0.29, 0.717) is 6.61 Å². The first kappa shape index (κ1) is 15.7. The minimum atomic E-state index is 0. The van der Waals surface area contributed by atoms with Gasteiger partial charge in [0.2, 0.25) is 0 Å². The zero-order chi connectivity index (χ0) is 6.81. The van der Waals surface area contributed by atoms with Crippen molar-refractivity contribution in [3.63, 3.8) is 0 Å². The number of fused-ring (bicyclic) bond motifs is 1. The van der Waals surface area contributed by atoms with Gasteiger partial charge in [-0.3, -0.25) is 0 Å². The Balaban J connectivity index is 0. The molecular formula is C9H8Br2CuO. The van der Waals surface area contributed by atoms with Gasteiger partial charge in [-0.2, -0.15) is 0 Å². The van der Waals surface area contributed by atoms with E-state index in [1.807, 2.05) is 30.3 Å². The summed E-state index contributed by atoms with van der Waals surface area (Å²) < 4.78 is 5.34. The number of benzene rings is 1. The third-order valence-electron chi connectivity index (χ3n) is 1.55. The third kappa shape index (κ3) is 3.86. The summed E-state index contributed by atoms with van der Waals surface area (Å²) >= 11 is 0. The largest absolute Gasteiger partial charge is 2.00 e. The maximum absolute atomic E-state index is 5.34. The number of hydrogen-bond acceptors (Lipinski definition) is 1. The molecule has 1 aromatic rings. The summed E-state index contributed by atoms with van der Waals surface area (Å²) in [5, 5.41) is 0. The molecular weight excluding hydrogens is 347 g/mol. The minimum absolute atomic E-state index is 0. The zero-order valence-electron chi connectivity index (χ0n) is 6.64. The SMILES string of the molecule is C1=Cc2ccccc2OC1.[Br-].[Br-].[Cu+2]. The molecule has 75 valence electrons. The number of halogens is 2. The molecule has 13 heavy (non-hydrogen) atoms. The van der Waals surface area contributed by atoms with Crippen molar-refractivity contribution in [3.05, 3.63) is 35.9 Å². The summed E-state index contributed by atoms with van der Waals surface area (Å²) in [7, 11) is 0. The van der Waals surface area contributed by atoms with Crippen LogP contribution < -0.4 is 38.7 Å². The van der Waals surface area contributed by atoms with E-state index < -0.39 is 0 Å². The summed E-state index contributed by atoms with van der Waals surface area (Å²) in [6.45, 7) is 0.705. The molecule has 0 atom stereocenters. The third-order valence-corrected chi connectivity index (χ3v) is 1.55. The van der Waals surface area contributed by atoms with Gasteiger partial charge in [-0.15, -0.1) is 0 Å². The maximum atomic E-state index is 5.34. The molecule has 0 aliphatic carbocycles. The molecule has 0 aromatic heterocycles. The van der Waals surface area contributed by atoms with Crippen LogP contribution in [0.3, 0.4) is 0 Å². The van der Waals surface area contributed by atoms with E-state index in [1.54, 1.807) is 0 Å². The Hall–Kier alpha value is 0.239. The maximum Gasteiger partial charge on any atom is 2.00 e. The number of para-hydroxylation sites is 1. The molecule has 1 aromatic carbocycles. The Kier molecular flexibility index (Phi) is 9.21. The molecule has 0 saturated carbocycles. The smallest absolute Gasteiger partial charge is 1.00 e. The van der Waals surface area contributed by atoms with Crippen molar-refractivity contribution in [2.45, 2.75) is 0 Å². The standard InChI is InChI=1S/C9H8O.2BrH.Cu/c1-2-6-9-8(4-1)5-3-7-10-9;;;/h1-6H,7H2;2*1H;/q;;;+2/p-2. The van der Waals surface area contributed by atoms with Gasteiger partial charge in [-0.1, -0.05) is 24.3 Å². The van der Waals surface area contributed by atoms with Crippen LogP contribution in [-0.2, 0) is 17.1 Å². The van der Waals surface area contributed by atoms with Gasteiger partial charge in [0, 0.05) is 5.56 Å². The molecule has 1 heterocycles. The number of hydrogen-bond donors (Lipinski definition) is 0. The average molecular weight is 356 g/mol. The molecule has 0 fully saturated rings. The van der Waals surface area contributed by atoms with Crippen molar-refractivity contribution in [3.8, 4) is 5.75 Å². The summed E-state index contributed by atoms with van der Waals surface area (Å²) in [6.07, 6.45) is 4.10. The van der Waals surface area contributed by atoms with E-state index in [2.05, 4.69) is 6.08 Å². The van der Waals surface area contributed by atoms with Crippen LogP contribution in [0, 0.1) is 0 Å². The molecule has 1 aliphatic heterocycles.